The lowest BCUT2D eigenvalue weighted by Crippen LogP contribution is -2.48. The van der Waals surface area contributed by atoms with Gasteiger partial charge in [0.1, 0.15) is 10.6 Å². The highest BCUT2D eigenvalue weighted by atomic mass is 79.9. The molecule has 0 unspecified atom stereocenters. The summed E-state index contributed by atoms with van der Waals surface area (Å²) in [4.78, 5) is 17.9. The minimum absolute atomic E-state index is 0.116. The number of benzene rings is 2. The van der Waals surface area contributed by atoms with Crippen LogP contribution in [0.4, 0.5) is 11.4 Å². The molecule has 1 fully saturated rings. The molecule has 0 atom stereocenters. The summed E-state index contributed by atoms with van der Waals surface area (Å²) in [5, 5.41) is 5.54. The molecule has 1 aliphatic rings. The fourth-order valence-electron chi connectivity index (χ4n) is 3.88. The van der Waals surface area contributed by atoms with Gasteiger partial charge in [-0.2, -0.15) is 0 Å². The second kappa shape index (κ2) is 10.2. The molecule has 0 radical (unpaired) electrons. The Kier molecular flexibility index (Phi) is 7.14. The van der Waals surface area contributed by atoms with Gasteiger partial charge in [0, 0.05) is 37.2 Å². The van der Waals surface area contributed by atoms with Crippen molar-refractivity contribution in [3.8, 4) is 5.75 Å². The number of carbonyl (C=O) groups excluding carboxylic acids is 1. The van der Waals surface area contributed by atoms with Crippen molar-refractivity contribution in [3.05, 3.63) is 74.9 Å². The first kappa shape index (κ1) is 21.7. The summed E-state index contributed by atoms with van der Waals surface area (Å²) >= 11 is 4.97. The van der Waals surface area contributed by atoms with Gasteiger partial charge in [0.15, 0.2) is 0 Å². The Balaban J connectivity index is 1.37. The minimum Gasteiger partial charge on any atom is -0.496 e. The van der Waals surface area contributed by atoms with E-state index in [9.17, 15) is 4.79 Å². The highest BCUT2D eigenvalue weighted by Crippen LogP contribution is 2.29. The van der Waals surface area contributed by atoms with Gasteiger partial charge in [-0.05, 0) is 57.6 Å². The number of halogens is 1. The van der Waals surface area contributed by atoms with Gasteiger partial charge in [0.05, 0.1) is 18.5 Å². The summed E-state index contributed by atoms with van der Waals surface area (Å²) in [7, 11) is 1.71. The number of rotatable bonds is 7. The zero-order valence-electron chi connectivity index (χ0n) is 17.5. The number of carbonyl (C=O) groups is 1. The number of amides is 1. The summed E-state index contributed by atoms with van der Waals surface area (Å²) in [6.45, 7) is 3.90. The molecule has 0 aliphatic carbocycles. The Hall–Kier alpha value is -2.51. The number of thiophene rings is 1. The predicted octanol–water partition coefficient (Wildman–Crippen LogP) is 5.14. The number of nitrogens with one attached hydrogen (secondary N) is 1. The van der Waals surface area contributed by atoms with Gasteiger partial charge in [-0.1, -0.05) is 30.3 Å². The Morgan fingerprint density at radius 3 is 2.55 bits per heavy atom. The Labute approximate surface area is 195 Å². The molecule has 0 bridgehead atoms. The third kappa shape index (κ3) is 5.05. The minimum atomic E-state index is 0.116. The monoisotopic (exact) mass is 499 g/mol. The summed E-state index contributed by atoms with van der Waals surface area (Å²) in [6.07, 6.45) is 0.885. The van der Waals surface area contributed by atoms with Crippen LogP contribution in [0.3, 0.4) is 0 Å². The van der Waals surface area contributed by atoms with E-state index in [1.165, 1.54) is 22.6 Å². The molecule has 5 nitrogen and oxygen atoms in total. The number of ether oxygens (including phenoxy) is 1. The maximum Gasteiger partial charge on any atom is 0.265 e. The van der Waals surface area contributed by atoms with Crippen molar-refractivity contribution in [2.45, 2.75) is 6.42 Å². The van der Waals surface area contributed by atoms with Crippen LogP contribution in [-0.4, -0.2) is 50.6 Å². The molecule has 1 N–H and O–H groups in total. The van der Waals surface area contributed by atoms with Crippen LogP contribution in [0.1, 0.15) is 15.2 Å². The molecule has 7 heteroatoms. The lowest BCUT2D eigenvalue weighted by Gasteiger charge is -2.37. The van der Waals surface area contributed by atoms with E-state index >= 15 is 0 Å². The van der Waals surface area contributed by atoms with Crippen LogP contribution in [0.2, 0.25) is 0 Å². The van der Waals surface area contributed by atoms with Crippen molar-refractivity contribution >= 4 is 44.5 Å². The Bertz CT molecular complexity index is 1030. The SMILES string of the molecule is COc1ccccc1CCNc1ccccc1N1CCN(C(=O)c2sccc2Br)CC1. The second-order valence-electron chi connectivity index (χ2n) is 7.38. The number of hydrogen-bond acceptors (Lipinski definition) is 5. The van der Waals surface area contributed by atoms with Crippen molar-refractivity contribution in [2.75, 3.05) is 50.1 Å². The van der Waals surface area contributed by atoms with Gasteiger partial charge < -0.3 is 19.9 Å². The fraction of sp³-hybridized carbons (Fsp3) is 0.292. The van der Waals surface area contributed by atoms with E-state index in [0.29, 0.717) is 0 Å². The van der Waals surface area contributed by atoms with Crippen LogP contribution >= 0.6 is 27.3 Å². The van der Waals surface area contributed by atoms with E-state index in [2.05, 4.69) is 56.5 Å². The average molecular weight is 500 g/mol. The lowest BCUT2D eigenvalue weighted by atomic mass is 10.1. The Morgan fingerprint density at radius 2 is 1.81 bits per heavy atom. The van der Waals surface area contributed by atoms with Crippen LogP contribution in [-0.2, 0) is 6.42 Å². The van der Waals surface area contributed by atoms with Gasteiger partial charge in [-0.15, -0.1) is 11.3 Å². The number of hydrogen-bond donors (Lipinski definition) is 1. The fourth-order valence-corrected chi connectivity index (χ4v) is 5.39. The molecule has 1 saturated heterocycles. The third-order valence-corrected chi connectivity index (χ3v) is 7.35. The van der Waals surface area contributed by atoms with E-state index in [1.54, 1.807) is 7.11 Å². The summed E-state index contributed by atoms with van der Waals surface area (Å²) in [5.41, 5.74) is 3.51. The highest BCUT2D eigenvalue weighted by molar-refractivity contribution is 9.10. The van der Waals surface area contributed by atoms with Crippen LogP contribution in [0.5, 0.6) is 5.75 Å². The molecule has 1 amide bonds. The maximum atomic E-state index is 12.8. The molecule has 0 spiro atoms. The van der Waals surface area contributed by atoms with Gasteiger partial charge in [-0.25, -0.2) is 0 Å². The summed E-state index contributed by atoms with van der Waals surface area (Å²) in [5.74, 6) is 1.04. The number of anilines is 2. The van der Waals surface area contributed by atoms with Crippen LogP contribution in [0.15, 0.2) is 64.5 Å². The molecule has 1 aliphatic heterocycles. The normalized spacial score (nSPS) is 13.9. The largest absolute Gasteiger partial charge is 0.496 e. The molecule has 4 rings (SSSR count). The second-order valence-corrected chi connectivity index (χ2v) is 9.15. The summed E-state index contributed by atoms with van der Waals surface area (Å²) < 4.78 is 6.34. The third-order valence-electron chi connectivity index (χ3n) is 5.53. The first-order chi connectivity index (χ1) is 15.2. The maximum absolute atomic E-state index is 12.8. The molecule has 3 aromatic rings. The Morgan fingerprint density at radius 1 is 1.06 bits per heavy atom. The van der Waals surface area contributed by atoms with Crippen molar-refractivity contribution in [3.63, 3.8) is 0 Å². The first-order valence-electron chi connectivity index (χ1n) is 10.4. The van der Waals surface area contributed by atoms with Crippen molar-refractivity contribution in [1.29, 1.82) is 0 Å². The zero-order valence-corrected chi connectivity index (χ0v) is 19.9. The molecule has 2 aromatic carbocycles. The number of nitrogens with zero attached hydrogens (tertiary/aromatic N) is 2. The van der Waals surface area contributed by atoms with E-state index in [-0.39, 0.29) is 5.91 Å². The molecule has 31 heavy (non-hydrogen) atoms. The lowest BCUT2D eigenvalue weighted by molar-refractivity contribution is 0.0751. The van der Waals surface area contributed by atoms with Gasteiger partial charge in [-0.3, -0.25) is 4.79 Å². The standard InChI is InChI=1S/C24H26BrN3O2S/c1-30-22-9-5-2-6-18(22)10-12-26-20-7-3-4-8-21(20)27-13-15-28(16-14-27)24(29)23-19(25)11-17-31-23/h2-9,11,17,26H,10,12-16H2,1H3. The van der Waals surface area contributed by atoms with Crippen molar-refractivity contribution in [2.24, 2.45) is 0 Å². The zero-order chi connectivity index (χ0) is 21.6. The van der Waals surface area contributed by atoms with Gasteiger partial charge in [0.2, 0.25) is 0 Å². The van der Waals surface area contributed by atoms with Gasteiger partial charge in [0.25, 0.3) is 5.91 Å². The summed E-state index contributed by atoms with van der Waals surface area (Å²) in [6, 6.07) is 18.5. The number of methoxy groups -OCH3 is 1. The van der Waals surface area contributed by atoms with Crippen LogP contribution in [0.25, 0.3) is 0 Å². The number of para-hydroxylation sites is 3. The predicted molar refractivity (Wildman–Crippen MR) is 132 cm³/mol. The molecule has 1 aromatic heterocycles. The molecular formula is C24H26BrN3O2S. The highest BCUT2D eigenvalue weighted by Gasteiger charge is 2.25. The van der Waals surface area contributed by atoms with E-state index in [0.717, 1.165) is 59.9 Å². The van der Waals surface area contributed by atoms with E-state index in [1.807, 2.05) is 34.5 Å². The van der Waals surface area contributed by atoms with Crippen LogP contribution < -0.4 is 15.0 Å². The molecular weight excluding hydrogens is 474 g/mol. The van der Waals surface area contributed by atoms with Crippen molar-refractivity contribution in [1.82, 2.24) is 4.90 Å². The topological polar surface area (TPSA) is 44.8 Å². The van der Waals surface area contributed by atoms with Gasteiger partial charge >= 0.3 is 0 Å². The number of piperazine rings is 1. The molecule has 0 saturated carbocycles. The smallest absolute Gasteiger partial charge is 0.265 e. The van der Waals surface area contributed by atoms with Crippen LogP contribution in [0, 0.1) is 0 Å². The molecule has 162 valence electrons. The van der Waals surface area contributed by atoms with E-state index < -0.39 is 0 Å². The molecule has 2 heterocycles. The van der Waals surface area contributed by atoms with E-state index in [4.69, 9.17) is 4.74 Å². The quantitative estimate of drug-likeness (QED) is 0.488. The van der Waals surface area contributed by atoms with Crippen molar-refractivity contribution < 1.29 is 9.53 Å². The average Bonchev–Trinajstić information content (AvgIpc) is 3.25. The first-order valence-corrected chi connectivity index (χ1v) is 12.1.